The second kappa shape index (κ2) is 10.8. The van der Waals surface area contributed by atoms with E-state index in [9.17, 15) is 0 Å². The molecule has 0 spiro atoms. The van der Waals surface area contributed by atoms with Crippen LogP contribution in [0.3, 0.4) is 0 Å². The second-order valence-electron chi connectivity index (χ2n) is 13.3. The van der Waals surface area contributed by atoms with E-state index in [0.29, 0.717) is 0 Å². The van der Waals surface area contributed by atoms with Crippen molar-refractivity contribution in [3.63, 3.8) is 0 Å². The normalized spacial score (nSPS) is 11.9. The molecule has 0 radical (unpaired) electrons. The Morgan fingerprint density at radius 1 is 0.255 bits per heavy atom. The average molecular weight is 650 g/mol. The van der Waals surface area contributed by atoms with Crippen LogP contribution in [0, 0.1) is 0 Å². The molecule has 11 rings (SSSR count). The largest absolute Gasteiger partial charge is 0.309 e. The van der Waals surface area contributed by atoms with Crippen molar-refractivity contribution in [3.8, 4) is 28.2 Å². The van der Waals surface area contributed by atoms with Gasteiger partial charge < -0.3 is 13.7 Å². The van der Waals surface area contributed by atoms with Gasteiger partial charge >= 0.3 is 0 Å². The Morgan fingerprint density at radius 2 is 0.745 bits per heavy atom. The molecule has 3 heterocycles. The smallest absolute Gasteiger partial charge is 0.0641 e. The van der Waals surface area contributed by atoms with Crippen molar-refractivity contribution in [2.75, 3.05) is 0 Å². The molecule has 8 aromatic carbocycles. The molecule has 0 atom stereocenters. The lowest BCUT2D eigenvalue weighted by molar-refractivity contribution is 1.17. The van der Waals surface area contributed by atoms with Crippen LogP contribution < -0.4 is 0 Å². The van der Waals surface area contributed by atoms with E-state index in [4.69, 9.17) is 0 Å². The quantitative estimate of drug-likeness (QED) is 0.180. The maximum Gasteiger partial charge on any atom is 0.0641 e. The van der Waals surface area contributed by atoms with Gasteiger partial charge in [0, 0.05) is 43.7 Å². The number of hydrogen-bond acceptors (Lipinski definition) is 0. The van der Waals surface area contributed by atoms with Gasteiger partial charge in [0.15, 0.2) is 0 Å². The molecular formula is C48H31N3. The second-order valence-corrected chi connectivity index (χ2v) is 13.3. The van der Waals surface area contributed by atoms with Gasteiger partial charge in [-0.3, -0.25) is 0 Å². The summed E-state index contributed by atoms with van der Waals surface area (Å²) in [6.45, 7) is 0. The Morgan fingerprint density at radius 3 is 1.43 bits per heavy atom. The molecule has 0 saturated heterocycles. The molecule has 51 heavy (non-hydrogen) atoms. The number of para-hydroxylation sites is 4. The van der Waals surface area contributed by atoms with Crippen LogP contribution in [0.15, 0.2) is 188 Å². The highest BCUT2D eigenvalue weighted by Gasteiger charge is 2.23. The van der Waals surface area contributed by atoms with E-state index >= 15 is 0 Å². The summed E-state index contributed by atoms with van der Waals surface area (Å²) >= 11 is 0. The predicted molar refractivity (Wildman–Crippen MR) is 215 cm³/mol. The van der Waals surface area contributed by atoms with Gasteiger partial charge in [-0.15, -0.1) is 0 Å². The Hall–Kier alpha value is -6.84. The zero-order valence-corrected chi connectivity index (χ0v) is 27.7. The van der Waals surface area contributed by atoms with Crippen LogP contribution in [0.4, 0.5) is 0 Å². The maximum absolute atomic E-state index is 2.53. The summed E-state index contributed by atoms with van der Waals surface area (Å²) in [5, 5.41) is 7.50. The topological polar surface area (TPSA) is 14.8 Å². The fraction of sp³-hybridized carbons (Fsp3) is 0. The van der Waals surface area contributed by atoms with E-state index in [1.54, 1.807) is 0 Å². The van der Waals surface area contributed by atoms with E-state index in [1.807, 2.05) is 0 Å². The molecule has 0 unspecified atom stereocenters. The Kier molecular flexibility index (Phi) is 5.96. The SMILES string of the molecule is c1ccc(-c2ccc(-n3c4ccccc4c4c(-n5c6ccccc6c6ccc7c(c8ccccc8n7-c7ccccc7)c65)cccc43)cc2)cc1. The van der Waals surface area contributed by atoms with Gasteiger partial charge in [0.05, 0.1) is 38.8 Å². The van der Waals surface area contributed by atoms with E-state index in [0.717, 1.165) is 11.4 Å². The first-order chi connectivity index (χ1) is 25.3. The van der Waals surface area contributed by atoms with E-state index in [1.165, 1.54) is 82.2 Å². The molecular weight excluding hydrogens is 619 g/mol. The fourth-order valence-electron chi connectivity index (χ4n) is 8.51. The van der Waals surface area contributed by atoms with E-state index < -0.39 is 0 Å². The highest BCUT2D eigenvalue weighted by Crippen LogP contribution is 2.44. The van der Waals surface area contributed by atoms with Gasteiger partial charge in [0.1, 0.15) is 0 Å². The lowest BCUT2D eigenvalue weighted by atomic mass is 10.1. The molecule has 0 aliphatic carbocycles. The highest BCUT2D eigenvalue weighted by molar-refractivity contribution is 6.27. The molecule has 0 aliphatic heterocycles. The van der Waals surface area contributed by atoms with Crippen molar-refractivity contribution < 1.29 is 0 Å². The molecule has 3 aromatic heterocycles. The minimum absolute atomic E-state index is 1.15. The Balaban J connectivity index is 1.26. The number of hydrogen-bond donors (Lipinski definition) is 0. The first-order valence-corrected chi connectivity index (χ1v) is 17.5. The summed E-state index contributed by atoms with van der Waals surface area (Å²) in [5.74, 6) is 0. The lowest BCUT2D eigenvalue weighted by Gasteiger charge is -2.13. The minimum Gasteiger partial charge on any atom is -0.309 e. The molecule has 11 aromatic rings. The predicted octanol–water partition coefficient (Wildman–Crippen LogP) is 12.6. The zero-order chi connectivity index (χ0) is 33.5. The standard InChI is InChI=1S/C48H31N3/c1-3-14-32(15-4-1)33-26-28-35(29-27-33)50-41-22-11-8-19-38(41)46-43(50)24-13-25-44(46)51-40-21-10-7-18-36(40)37-30-31-45-47(48(37)51)39-20-9-12-23-42(39)49(45)34-16-5-2-6-17-34/h1-31H. The maximum atomic E-state index is 2.53. The molecule has 0 saturated carbocycles. The zero-order valence-electron chi connectivity index (χ0n) is 27.7. The van der Waals surface area contributed by atoms with Gasteiger partial charge in [-0.1, -0.05) is 127 Å². The van der Waals surface area contributed by atoms with Crippen molar-refractivity contribution in [1.82, 2.24) is 13.7 Å². The first-order valence-electron chi connectivity index (χ1n) is 17.5. The fourth-order valence-corrected chi connectivity index (χ4v) is 8.51. The summed E-state index contributed by atoms with van der Waals surface area (Å²) in [4.78, 5) is 0. The van der Waals surface area contributed by atoms with Gasteiger partial charge in [0.25, 0.3) is 0 Å². The van der Waals surface area contributed by atoms with Crippen LogP contribution in [-0.4, -0.2) is 13.7 Å². The third-order valence-electron chi connectivity index (χ3n) is 10.6. The van der Waals surface area contributed by atoms with Crippen LogP contribution in [0.1, 0.15) is 0 Å². The molecule has 238 valence electrons. The molecule has 3 heteroatoms. The lowest BCUT2D eigenvalue weighted by Crippen LogP contribution is -1.97. The summed E-state index contributed by atoms with van der Waals surface area (Å²) in [6.07, 6.45) is 0. The number of rotatable bonds is 4. The molecule has 0 aliphatic rings. The van der Waals surface area contributed by atoms with Crippen molar-refractivity contribution in [2.24, 2.45) is 0 Å². The molecule has 0 fully saturated rings. The third kappa shape index (κ3) is 4.00. The van der Waals surface area contributed by atoms with Gasteiger partial charge in [-0.25, -0.2) is 0 Å². The van der Waals surface area contributed by atoms with Crippen LogP contribution >= 0.6 is 0 Å². The number of benzene rings is 8. The number of nitrogens with zero attached hydrogens (tertiary/aromatic N) is 3. The summed E-state index contributed by atoms with van der Waals surface area (Å²) in [7, 11) is 0. The highest BCUT2D eigenvalue weighted by atomic mass is 15.0. The minimum atomic E-state index is 1.15. The van der Waals surface area contributed by atoms with Gasteiger partial charge in [-0.2, -0.15) is 0 Å². The first kappa shape index (κ1) is 28.0. The van der Waals surface area contributed by atoms with Crippen LogP contribution in [0.5, 0.6) is 0 Å². The summed E-state index contributed by atoms with van der Waals surface area (Å²) in [5.41, 5.74) is 13.1. The number of fused-ring (bicyclic) bond motifs is 10. The van der Waals surface area contributed by atoms with E-state index in [2.05, 4.69) is 202 Å². The Bertz CT molecular complexity index is 3110. The van der Waals surface area contributed by atoms with Crippen molar-refractivity contribution >= 4 is 65.4 Å². The third-order valence-corrected chi connectivity index (χ3v) is 10.6. The van der Waals surface area contributed by atoms with Crippen LogP contribution in [0.25, 0.3) is 93.6 Å². The monoisotopic (exact) mass is 649 g/mol. The molecule has 3 nitrogen and oxygen atoms in total. The Labute approximate surface area is 294 Å². The number of aromatic nitrogens is 3. The van der Waals surface area contributed by atoms with Crippen molar-refractivity contribution in [2.45, 2.75) is 0 Å². The summed E-state index contributed by atoms with van der Waals surface area (Å²) < 4.78 is 7.37. The van der Waals surface area contributed by atoms with Crippen molar-refractivity contribution in [3.05, 3.63) is 188 Å². The van der Waals surface area contributed by atoms with E-state index in [-0.39, 0.29) is 0 Å². The average Bonchev–Trinajstić information content (AvgIpc) is 3.84. The summed E-state index contributed by atoms with van der Waals surface area (Å²) in [6, 6.07) is 68.3. The molecule has 0 bridgehead atoms. The molecule has 0 N–H and O–H groups in total. The van der Waals surface area contributed by atoms with Gasteiger partial charge in [-0.05, 0) is 71.8 Å². The van der Waals surface area contributed by atoms with Crippen molar-refractivity contribution in [1.29, 1.82) is 0 Å². The van der Waals surface area contributed by atoms with Gasteiger partial charge in [0.2, 0.25) is 0 Å². The molecule has 0 amide bonds. The van der Waals surface area contributed by atoms with Crippen LogP contribution in [-0.2, 0) is 0 Å². The van der Waals surface area contributed by atoms with Crippen LogP contribution in [0.2, 0.25) is 0 Å².